The summed E-state index contributed by atoms with van der Waals surface area (Å²) < 4.78 is 5.61. The Morgan fingerprint density at radius 3 is 2.82 bits per heavy atom. The summed E-state index contributed by atoms with van der Waals surface area (Å²) in [4.78, 5) is 1.58. The zero-order chi connectivity index (χ0) is 11.5. The third kappa shape index (κ3) is 2.19. The van der Waals surface area contributed by atoms with Crippen molar-refractivity contribution < 1.29 is 4.74 Å². The van der Waals surface area contributed by atoms with E-state index in [0.29, 0.717) is 5.82 Å². The van der Waals surface area contributed by atoms with Crippen LogP contribution < -0.4 is 0 Å². The molecule has 1 fully saturated rings. The predicted octanol–water partition coefficient (Wildman–Crippen LogP) is 2.04. The van der Waals surface area contributed by atoms with Crippen molar-refractivity contribution in [1.29, 1.82) is 0 Å². The van der Waals surface area contributed by atoms with Crippen molar-refractivity contribution in [3.8, 4) is 11.4 Å². The van der Waals surface area contributed by atoms with Crippen LogP contribution in [0.15, 0.2) is 30.3 Å². The lowest BCUT2D eigenvalue weighted by molar-refractivity contribution is -0.0488. The van der Waals surface area contributed by atoms with Crippen LogP contribution in [0.5, 0.6) is 0 Å². The quantitative estimate of drug-likeness (QED) is 0.792. The Kier molecular flexibility index (Phi) is 2.83. The molecule has 17 heavy (non-hydrogen) atoms. The monoisotopic (exact) mass is 230 g/mol. The number of hydrogen-bond acceptors (Lipinski definition) is 4. The Hall–Kier alpha value is -1.75. The second kappa shape index (κ2) is 4.63. The van der Waals surface area contributed by atoms with Gasteiger partial charge in [-0.05, 0) is 24.5 Å². The van der Waals surface area contributed by atoms with Gasteiger partial charge < -0.3 is 4.74 Å². The van der Waals surface area contributed by atoms with Crippen molar-refractivity contribution in [3.63, 3.8) is 0 Å². The SMILES string of the molecule is c1ccc(-c2nnn(C3CCCCO3)n2)cc1. The Morgan fingerprint density at radius 1 is 1.18 bits per heavy atom. The van der Waals surface area contributed by atoms with Gasteiger partial charge in [-0.25, -0.2) is 0 Å². The summed E-state index contributed by atoms with van der Waals surface area (Å²) in [5.41, 5.74) is 0.981. The molecular weight excluding hydrogens is 216 g/mol. The molecule has 2 aromatic rings. The second-order valence-electron chi connectivity index (χ2n) is 4.12. The molecule has 3 rings (SSSR count). The molecule has 1 saturated heterocycles. The number of benzene rings is 1. The smallest absolute Gasteiger partial charge is 0.205 e. The Bertz CT molecular complexity index is 476. The lowest BCUT2D eigenvalue weighted by Crippen LogP contribution is -2.20. The molecule has 0 spiro atoms. The summed E-state index contributed by atoms with van der Waals surface area (Å²) in [5, 5.41) is 12.5. The average molecular weight is 230 g/mol. The van der Waals surface area contributed by atoms with Gasteiger partial charge >= 0.3 is 0 Å². The second-order valence-corrected chi connectivity index (χ2v) is 4.12. The van der Waals surface area contributed by atoms with Gasteiger partial charge in [-0.1, -0.05) is 30.3 Å². The van der Waals surface area contributed by atoms with Crippen LogP contribution in [-0.4, -0.2) is 26.8 Å². The van der Waals surface area contributed by atoms with Crippen molar-refractivity contribution in [2.45, 2.75) is 25.5 Å². The van der Waals surface area contributed by atoms with E-state index >= 15 is 0 Å². The van der Waals surface area contributed by atoms with Gasteiger partial charge in [-0.2, -0.15) is 0 Å². The zero-order valence-corrected chi connectivity index (χ0v) is 9.49. The summed E-state index contributed by atoms with van der Waals surface area (Å²) in [6.45, 7) is 0.785. The first-order valence-corrected chi connectivity index (χ1v) is 5.90. The number of ether oxygens (including phenoxy) is 1. The van der Waals surface area contributed by atoms with Crippen molar-refractivity contribution >= 4 is 0 Å². The Morgan fingerprint density at radius 2 is 2.06 bits per heavy atom. The van der Waals surface area contributed by atoms with E-state index in [1.165, 1.54) is 0 Å². The topological polar surface area (TPSA) is 52.8 Å². The van der Waals surface area contributed by atoms with Crippen LogP contribution in [0, 0.1) is 0 Å². The highest BCUT2D eigenvalue weighted by molar-refractivity contribution is 5.52. The highest BCUT2D eigenvalue weighted by Gasteiger charge is 2.18. The fourth-order valence-electron chi connectivity index (χ4n) is 1.96. The Labute approximate surface area is 99.4 Å². The number of nitrogens with zero attached hydrogens (tertiary/aromatic N) is 4. The molecule has 2 heterocycles. The minimum Gasteiger partial charge on any atom is -0.355 e. The van der Waals surface area contributed by atoms with Crippen molar-refractivity contribution in [2.75, 3.05) is 6.61 Å². The highest BCUT2D eigenvalue weighted by Crippen LogP contribution is 2.21. The van der Waals surface area contributed by atoms with E-state index < -0.39 is 0 Å². The summed E-state index contributed by atoms with van der Waals surface area (Å²) in [6.07, 6.45) is 3.20. The fourth-order valence-corrected chi connectivity index (χ4v) is 1.96. The molecule has 0 amide bonds. The van der Waals surface area contributed by atoms with Crippen LogP contribution in [0.25, 0.3) is 11.4 Å². The van der Waals surface area contributed by atoms with Crippen LogP contribution in [0.1, 0.15) is 25.5 Å². The highest BCUT2D eigenvalue weighted by atomic mass is 16.5. The first kappa shape index (κ1) is 10.4. The lowest BCUT2D eigenvalue weighted by Gasteiger charge is -2.20. The van der Waals surface area contributed by atoms with E-state index in [4.69, 9.17) is 4.74 Å². The van der Waals surface area contributed by atoms with E-state index in [9.17, 15) is 0 Å². The molecule has 1 aliphatic rings. The van der Waals surface area contributed by atoms with Gasteiger partial charge in [-0.15, -0.1) is 15.0 Å². The first-order chi connectivity index (χ1) is 8.43. The molecule has 5 nitrogen and oxygen atoms in total. The van der Waals surface area contributed by atoms with Crippen molar-refractivity contribution in [1.82, 2.24) is 20.2 Å². The summed E-state index contributed by atoms with van der Waals surface area (Å²) in [7, 11) is 0. The van der Waals surface area contributed by atoms with Crippen LogP contribution in [-0.2, 0) is 4.74 Å². The third-order valence-corrected chi connectivity index (χ3v) is 2.87. The molecule has 1 aromatic carbocycles. The summed E-state index contributed by atoms with van der Waals surface area (Å²) in [6, 6.07) is 9.85. The van der Waals surface area contributed by atoms with E-state index in [-0.39, 0.29) is 6.23 Å². The maximum Gasteiger partial charge on any atom is 0.205 e. The largest absolute Gasteiger partial charge is 0.355 e. The molecule has 1 aliphatic heterocycles. The minimum atomic E-state index is -0.0475. The standard InChI is InChI=1S/C12H14N4O/c1-2-6-10(7-3-1)12-13-15-16(14-12)11-8-4-5-9-17-11/h1-3,6-7,11H,4-5,8-9H2. The lowest BCUT2D eigenvalue weighted by atomic mass is 10.2. The van der Waals surface area contributed by atoms with Gasteiger partial charge in [0, 0.05) is 12.2 Å². The van der Waals surface area contributed by atoms with Gasteiger partial charge in [0.25, 0.3) is 0 Å². The molecular formula is C12H14N4O. The molecule has 0 radical (unpaired) electrons. The first-order valence-electron chi connectivity index (χ1n) is 5.90. The maximum absolute atomic E-state index is 5.61. The van der Waals surface area contributed by atoms with Gasteiger partial charge in [-0.3, -0.25) is 0 Å². The van der Waals surface area contributed by atoms with Gasteiger partial charge in [0.15, 0.2) is 6.23 Å². The fraction of sp³-hybridized carbons (Fsp3) is 0.417. The normalized spacial score (nSPS) is 20.4. The number of rotatable bonds is 2. The molecule has 0 saturated carbocycles. The van der Waals surface area contributed by atoms with Gasteiger partial charge in [0.2, 0.25) is 5.82 Å². The molecule has 88 valence electrons. The zero-order valence-electron chi connectivity index (χ0n) is 9.49. The molecule has 0 bridgehead atoms. The number of aromatic nitrogens is 4. The minimum absolute atomic E-state index is 0.0475. The van der Waals surface area contributed by atoms with E-state index in [2.05, 4.69) is 15.4 Å². The van der Waals surface area contributed by atoms with E-state index in [1.54, 1.807) is 4.80 Å². The van der Waals surface area contributed by atoms with Crippen LogP contribution in [0.2, 0.25) is 0 Å². The summed E-state index contributed by atoms with van der Waals surface area (Å²) in [5.74, 6) is 0.653. The molecule has 0 aliphatic carbocycles. The third-order valence-electron chi connectivity index (χ3n) is 2.87. The molecule has 1 atom stereocenters. The predicted molar refractivity (Wildman–Crippen MR) is 62.1 cm³/mol. The van der Waals surface area contributed by atoms with Gasteiger partial charge in [0.1, 0.15) is 0 Å². The maximum atomic E-state index is 5.61. The summed E-state index contributed by atoms with van der Waals surface area (Å²) >= 11 is 0. The van der Waals surface area contributed by atoms with Crippen LogP contribution in [0.4, 0.5) is 0 Å². The number of tetrazole rings is 1. The van der Waals surface area contributed by atoms with Crippen LogP contribution >= 0.6 is 0 Å². The van der Waals surface area contributed by atoms with Gasteiger partial charge in [0.05, 0.1) is 0 Å². The van der Waals surface area contributed by atoms with Crippen molar-refractivity contribution in [3.05, 3.63) is 30.3 Å². The molecule has 1 unspecified atom stereocenters. The Balaban J connectivity index is 1.83. The van der Waals surface area contributed by atoms with E-state index in [1.807, 2.05) is 30.3 Å². The average Bonchev–Trinajstić information content (AvgIpc) is 2.90. The molecule has 0 N–H and O–H groups in total. The number of hydrogen-bond donors (Lipinski definition) is 0. The molecule has 1 aromatic heterocycles. The molecule has 5 heteroatoms. The van der Waals surface area contributed by atoms with Crippen LogP contribution in [0.3, 0.4) is 0 Å². The van der Waals surface area contributed by atoms with Crippen molar-refractivity contribution in [2.24, 2.45) is 0 Å². The van der Waals surface area contributed by atoms with E-state index in [0.717, 1.165) is 31.4 Å².